The Morgan fingerprint density at radius 3 is 2.86 bits per heavy atom. The van der Waals surface area contributed by atoms with Crippen LogP contribution < -0.4 is 10.6 Å². The number of carbonyl (C=O) groups is 1. The molecule has 1 heterocycles. The van der Waals surface area contributed by atoms with Crippen molar-refractivity contribution in [3.8, 4) is 0 Å². The average molecular weight is 305 g/mol. The molecule has 0 spiro atoms. The Balaban J connectivity index is 1.79. The van der Waals surface area contributed by atoms with Crippen molar-refractivity contribution in [2.75, 3.05) is 10.6 Å². The Kier molecular flexibility index (Phi) is 3.80. The lowest BCUT2D eigenvalue weighted by molar-refractivity contribution is -0.116. The lowest BCUT2D eigenvalue weighted by Crippen LogP contribution is -2.33. The summed E-state index contributed by atoms with van der Waals surface area (Å²) < 4.78 is 13.3. The summed E-state index contributed by atoms with van der Waals surface area (Å²) in [6.07, 6.45) is 1.41. The van der Waals surface area contributed by atoms with E-state index in [1.165, 1.54) is 12.1 Å². The predicted molar refractivity (Wildman–Crippen MR) is 82.2 cm³/mol. The largest absolute Gasteiger partial charge is 0.374 e. The number of anilines is 2. The molecule has 0 saturated heterocycles. The van der Waals surface area contributed by atoms with Crippen molar-refractivity contribution >= 4 is 28.9 Å². The third-order valence-corrected chi connectivity index (χ3v) is 3.72. The second-order valence-electron chi connectivity index (χ2n) is 5.04. The van der Waals surface area contributed by atoms with E-state index < -0.39 is 11.9 Å². The summed E-state index contributed by atoms with van der Waals surface area (Å²) in [6.45, 7) is 0. The van der Waals surface area contributed by atoms with Gasteiger partial charge in [0, 0.05) is 16.4 Å². The lowest BCUT2D eigenvalue weighted by Gasteiger charge is -2.16. The maximum absolute atomic E-state index is 13.3. The summed E-state index contributed by atoms with van der Waals surface area (Å²) in [4.78, 5) is 12.3. The number of rotatable bonds is 2. The van der Waals surface area contributed by atoms with Crippen molar-refractivity contribution in [2.24, 2.45) is 0 Å². The van der Waals surface area contributed by atoms with Gasteiger partial charge in [-0.3, -0.25) is 4.79 Å². The molecule has 2 N–H and O–H groups in total. The van der Waals surface area contributed by atoms with Crippen LogP contribution in [0.5, 0.6) is 0 Å². The summed E-state index contributed by atoms with van der Waals surface area (Å²) in [6, 6.07) is 11.5. The van der Waals surface area contributed by atoms with Gasteiger partial charge in [0.2, 0.25) is 5.91 Å². The van der Waals surface area contributed by atoms with Gasteiger partial charge in [-0.25, -0.2) is 4.39 Å². The van der Waals surface area contributed by atoms with Gasteiger partial charge in [-0.1, -0.05) is 29.8 Å². The standard InChI is InChI=1S/C16H14ClFN2O/c17-11-7-12(18)9-13(8-11)19-15-6-5-10-3-1-2-4-14(10)20-16(15)21/h1-4,7-9,15,19H,5-6H2,(H,20,21). The highest BCUT2D eigenvalue weighted by Crippen LogP contribution is 2.24. The Hall–Kier alpha value is -2.07. The molecule has 0 bridgehead atoms. The maximum Gasteiger partial charge on any atom is 0.246 e. The van der Waals surface area contributed by atoms with E-state index in [2.05, 4.69) is 10.6 Å². The smallest absolute Gasteiger partial charge is 0.246 e. The topological polar surface area (TPSA) is 41.1 Å². The molecule has 1 amide bonds. The molecule has 1 atom stereocenters. The van der Waals surface area contributed by atoms with Gasteiger partial charge in [0.1, 0.15) is 11.9 Å². The van der Waals surface area contributed by atoms with E-state index in [4.69, 9.17) is 11.6 Å². The first-order valence-corrected chi connectivity index (χ1v) is 7.11. The maximum atomic E-state index is 13.3. The number of carbonyl (C=O) groups excluding carboxylic acids is 1. The molecule has 21 heavy (non-hydrogen) atoms. The first-order chi connectivity index (χ1) is 10.1. The molecular weight excluding hydrogens is 291 g/mol. The zero-order valence-corrected chi connectivity index (χ0v) is 12.0. The quantitative estimate of drug-likeness (QED) is 0.885. The normalized spacial score (nSPS) is 17.6. The van der Waals surface area contributed by atoms with Gasteiger partial charge in [0.15, 0.2) is 0 Å². The molecule has 2 aromatic carbocycles. The van der Waals surface area contributed by atoms with Crippen LogP contribution in [0.4, 0.5) is 15.8 Å². The Morgan fingerprint density at radius 1 is 1.24 bits per heavy atom. The molecule has 0 aromatic heterocycles. The molecule has 0 aliphatic carbocycles. The van der Waals surface area contributed by atoms with Gasteiger partial charge in [0.25, 0.3) is 0 Å². The Labute approximate surface area is 127 Å². The molecule has 1 unspecified atom stereocenters. The Morgan fingerprint density at radius 2 is 2.05 bits per heavy atom. The van der Waals surface area contributed by atoms with Crippen molar-refractivity contribution in [1.82, 2.24) is 0 Å². The summed E-state index contributed by atoms with van der Waals surface area (Å²) in [5.41, 5.74) is 2.45. The predicted octanol–water partition coefficient (Wildman–Crippen LogP) is 3.84. The van der Waals surface area contributed by atoms with Crippen LogP contribution in [0.3, 0.4) is 0 Å². The molecule has 2 aromatic rings. The van der Waals surface area contributed by atoms with Crippen molar-refractivity contribution in [3.05, 3.63) is 58.9 Å². The molecule has 1 aliphatic heterocycles. The molecular formula is C16H14ClFN2O. The van der Waals surface area contributed by atoms with E-state index in [1.54, 1.807) is 6.07 Å². The first kappa shape index (κ1) is 13.9. The first-order valence-electron chi connectivity index (χ1n) is 6.73. The minimum absolute atomic E-state index is 0.125. The zero-order valence-electron chi connectivity index (χ0n) is 11.2. The number of halogens is 2. The minimum atomic E-state index is -0.428. The Bertz CT molecular complexity index is 669. The van der Waals surface area contributed by atoms with Gasteiger partial charge < -0.3 is 10.6 Å². The van der Waals surface area contributed by atoms with Crippen LogP contribution in [0.25, 0.3) is 0 Å². The molecule has 3 nitrogen and oxygen atoms in total. The van der Waals surface area contributed by atoms with Crippen molar-refractivity contribution in [2.45, 2.75) is 18.9 Å². The average Bonchev–Trinajstić information content (AvgIpc) is 2.58. The molecule has 0 fully saturated rings. The van der Waals surface area contributed by atoms with Gasteiger partial charge in [0.05, 0.1) is 0 Å². The SMILES string of the molecule is O=C1Nc2ccccc2CCC1Nc1cc(F)cc(Cl)c1. The van der Waals surface area contributed by atoms with E-state index in [9.17, 15) is 9.18 Å². The van der Waals surface area contributed by atoms with Gasteiger partial charge >= 0.3 is 0 Å². The van der Waals surface area contributed by atoms with Gasteiger partial charge in [-0.2, -0.15) is 0 Å². The van der Waals surface area contributed by atoms with Crippen LogP contribution in [-0.2, 0) is 11.2 Å². The summed E-state index contributed by atoms with van der Waals surface area (Å²) >= 11 is 5.83. The summed E-state index contributed by atoms with van der Waals surface area (Å²) in [7, 11) is 0. The van der Waals surface area contributed by atoms with Crippen molar-refractivity contribution in [3.63, 3.8) is 0 Å². The summed E-state index contributed by atoms with van der Waals surface area (Å²) in [5, 5.41) is 6.25. The fourth-order valence-electron chi connectivity index (χ4n) is 2.49. The fraction of sp³-hybridized carbons (Fsp3) is 0.188. The highest BCUT2D eigenvalue weighted by atomic mass is 35.5. The summed E-state index contributed by atoms with van der Waals surface area (Å²) in [5.74, 6) is -0.553. The van der Waals surface area contributed by atoms with Crippen LogP contribution in [0.15, 0.2) is 42.5 Å². The van der Waals surface area contributed by atoms with Crippen LogP contribution in [0.2, 0.25) is 5.02 Å². The van der Waals surface area contributed by atoms with Crippen molar-refractivity contribution in [1.29, 1.82) is 0 Å². The molecule has 5 heteroatoms. The van der Waals surface area contributed by atoms with E-state index in [0.717, 1.165) is 17.7 Å². The highest BCUT2D eigenvalue weighted by molar-refractivity contribution is 6.30. The third kappa shape index (κ3) is 3.16. The van der Waals surface area contributed by atoms with Crippen LogP contribution >= 0.6 is 11.6 Å². The van der Waals surface area contributed by atoms with E-state index in [1.807, 2.05) is 24.3 Å². The number of hydrogen-bond acceptors (Lipinski definition) is 2. The van der Waals surface area contributed by atoms with Crippen LogP contribution in [-0.4, -0.2) is 11.9 Å². The number of aryl methyl sites for hydroxylation is 1. The van der Waals surface area contributed by atoms with Crippen LogP contribution in [0, 0.1) is 5.82 Å². The van der Waals surface area contributed by atoms with Gasteiger partial charge in [-0.05, 0) is 42.7 Å². The van der Waals surface area contributed by atoms with Gasteiger partial charge in [-0.15, -0.1) is 0 Å². The lowest BCUT2D eigenvalue weighted by atomic mass is 10.1. The fourth-order valence-corrected chi connectivity index (χ4v) is 2.71. The second kappa shape index (κ2) is 5.74. The zero-order chi connectivity index (χ0) is 14.8. The molecule has 108 valence electrons. The van der Waals surface area contributed by atoms with E-state index in [0.29, 0.717) is 17.1 Å². The second-order valence-corrected chi connectivity index (χ2v) is 5.48. The number of para-hydroxylation sites is 1. The monoisotopic (exact) mass is 304 g/mol. The number of benzene rings is 2. The number of nitrogens with one attached hydrogen (secondary N) is 2. The molecule has 0 radical (unpaired) electrons. The number of fused-ring (bicyclic) bond motifs is 1. The number of hydrogen-bond donors (Lipinski definition) is 2. The highest BCUT2D eigenvalue weighted by Gasteiger charge is 2.23. The number of amides is 1. The van der Waals surface area contributed by atoms with E-state index in [-0.39, 0.29) is 5.91 Å². The molecule has 1 aliphatic rings. The van der Waals surface area contributed by atoms with E-state index >= 15 is 0 Å². The molecule has 0 saturated carbocycles. The third-order valence-electron chi connectivity index (χ3n) is 3.50. The minimum Gasteiger partial charge on any atom is -0.374 e. The molecule has 3 rings (SSSR count). The van der Waals surface area contributed by atoms with Crippen LogP contribution in [0.1, 0.15) is 12.0 Å². The van der Waals surface area contributed by atoms with Crippen molar-refractivity contribution < 1.29 is 9.18 Å².